The maximum atomic E-state index is 11.9. The maximum Gasteiger partial charge on any atom is 0.317 e. The van der Waals surface area contributed by atoms with Crippen molar-refractivity contribution >= 4 is 17.8 Å². The van der Waals surface area contributed by atoms with Gasteiger partial charge >= 0.3 is 5.97 Å². The quantitative estimate of drug-likeness (QED) is 0.0881. The normalized spacial score (nSPS) is 10.8. The predicted octanol–water partition coefficient (Wildman–Crippen LogP) is -1.97. The first-order valence-corrected chi connectivity index (χ1v) is 7.79. The number of aliphatic carboxylic acids is 1. The van der Waals surface area contributed by atoms with E-state index in [0.717, 1.165) is 6.08 Å². The fraction of sp³-hybridized carbons (Fsp3) is 0.643. The number of nitrogens with one attached hydrogen (secondary N) is 2. The first kappa shape index (κ1) is 23.9. The van der Waals surface area contributed by atoms with Crippen LogP contribution in [0.4, 0.5) is 0 Å². The molecule has 26 heavy (non-hydrogen) atoms. The number of carbonyl (C=O) groups excluding carboxylic acids is 2. The minimum atomic E-state index is -1.10. The van der Waals surface area contributed by atoms with E-state index in [1.54, 1.807) is 4.90 Å². The number of carbonyl (C=O) groups is 3. The minimum absolute atomic E-state index is 0.0217. The molecule has 0 saturated carbocycles. The van der Waals surface area contributed by atoms with E-state index in [4.69, 9.17) is 15.6 Å². The van der Waals surface area contributed by atoms with E-state index in [2.05, 4.69) is 27.0 Å². The van der Waals surface area contributed by atoms with Crippen molar-refractivity contribution in [3.05, 3.63) is 12.7 Å². The zero-order valence-electron chi connectivity index (χ0n) is 14.4. The third kappa shape index (κ3) is 13.2. The summed E-state index contributed by atoms with van der Waals surface area (Å²) in [5.74, 6) is -2.00. The highest BCUT2D eigenvalue weighted by Gasteiger charge is 2.16. The molecule has 0 aromatic rings. The Morgan fingerprint density at radius 3 is 2.00 bits per heavy atom. The molecule has 2 amide bonds. The fourth-order valence-corrected chi connectivity index (χ4v) is 1.92. The van der Waals surface area contributed by atoms with Gasteiger partial charge in [-0.25, -0.2) is 9.78 Å². The van der Waals surface area contributed by atoms with Crippen molar-refractivity contribution in [2.75, 3.05) is 59.2 Å². The lowest BCUT2D eigenvalue weighted by molar-refractivity contribution is -0.251. The summed E-state index contributed by atoms with van der Waals surface area (Å²) in [6.07, 6.45) is 1.06. The van der Waals surface area contributed by atoms with Gasteiger partial charge < -0.3 is 15.7 Å². The molecule has 12 nitrogen and oxygen atoms in total. The molecule has 0 aliphatic heterocycles. The van der Waals surface area contributed by atoms with Crippen molar-refractivity contribution in [2.24, 2.45) is 0 Å². The van der Waals surface area contributed by atoms with Crippen LogP contribution in [0.2, 0.25) is 0 Å². The largest absolute Gasteiger partial charge is 0.480 e. The second-order valence-electron chi connectivity index (χ2n) is 5.13. The van der Waals surface area contributed by atoms with Gasteiger partial charge in [-0.3, -0.25) is 34.7 Å². The summed E-state index contributed by atoms with van der Waals surface area (Å²) in [5, 5.41) is 30.6. The van der Waals surface area contributed by atoms with E-state index >= 15 is 0 Å². The van der Waals surface area contributed by atoms with Crippen LogP contribution in [0, 0.1) is 0 Å². The number of nitrogens with zero attached hydrogens (tertiary/aromatic N) is 2. The average Bonchev–Trinajstić information content (AvgIpc) is 2.60. The van der Waals surface area contributed by atoms with Gasteiger partial charge in [-0.05, 0) is 6.08 Å². The minimum Gasteiger partial charge on any atom is -0.480 e. The first-order chi connectivity index (χ1) is 12.4. The molecule has 0 rings (SSSR count). The molecular formula is C14H26N4O8. The van der Waals surface area contributed by atoms with Gasteiger partial charge in [0.15, 0.2) is 0 Å². The molecular weight excluding hydrogens is 352 g/mol. The lowest BCUT2D eigenvalue weighted by Crippen LogP contribution is -2.46. The summed E-state index contributed by atoms with van der Waals surface area (Å²) < 4.78 is 0. The van der Waals surface area contributed by atoms with Crippen molar-refractivity contribution in [1.82, 2.24) is 20.4 Å². The van der Waals surface area contributed by atoms with E-state index < -0.39 is 17.8 Å². The monoisotopic (exact) mass is 378 g/mol. The van der Waals surface area contributed by atoms with E-state index in [-0.39, 0.29) is 39.5 Å². The van der Waals surface area contributed by atoms with Crippen molar-refractivity contribution in [2.45, 2.75) is 0 Å². The molecule has 0 aromatic heterocycles. The Hall–Kier alpha value is -2.09. The highest BCUT2D eigenvalue weighted by Crippen LogP contribution is 1.94. The van der Waals surface area contributed by atoms with Crippen LogP contribution in [0.3, 0.4) is 0 Å². The number of carboxylic acid groups (broad SMARTS) is 1. The smallest absolute Gasteiger partial charge is 0.317 e. The highest BCUT2D eigenvalue weighted by molar-refractivity contribution is 5.87. The third-order valence-corrected chi connectivity index (χ3v) is 3.19. The van der Waals surface area contributed by atoms with Crippen LogP contribution in [0.25, 0.3) is 0 Å². The molecule has 12 heteroatoms. The number of carboxylic acids is 1. The van der Waals surface area contributed by atoms with Gasteiger partial charge in [0.2, 0.25) is 11.8 Å². The van der Waals surface area contributed by atoms with Crippen LogP contribution in [-0.4, -0.2) is 102 Å². The Labute approximate surface area is 150 Å². The molecule has 150 valence electrons. The summed E-state index contributed by atoms with van der Waals surface area (Å²) in [4.78, 5) is 45.0. The molecule has 0 aliphatic rings. The number of hydrogen-bond donors (Lipinski definition) is 5. The van der Waals surface area contributed by atoms with E-state index in [1.807, 2.05) is 0 Å². The zero-order chi connectivity index (χ0) is 19.8. The molecule has 0 atom stereocenters. The van der Waals surface area contributed by atoms with Crippen molar-refractivity contribution in [3.8, 4) is 0 Å². The summed E-state index contributed by atoms with van der Waals surface area (Å²) in [6, 6.07) is 0. The molecule has 0 unspecified atom stereocenters. The number of hydrogen-bond acceptors (Lipinski definition) is 9. The number of amides is 2. The summed E-state index contributed by atoms with van der Waals surface area (Å²) in [5.41, 5.74) is 0. The van der Waals surface area contributed by atoms with Crippen molar-refractivity contribution in [3.63, 3.8) is 0 Å². The molecule has 0 heterocycles. The van der Waals surface area contributed by atoms with E-state index in [0.29, 0.717) is 19.6 Å². The Kier molecular flexibility index (Phi) is 14.0. The van der Waals surface area contributed by atoms with Gasteiger partial charge in [0.1, 0.15) is 0 Å². The van der Waals surface area contributed by atoms with Gasteiger partial charge in [0, 0.05) is 26.2 Å². The van der Waals surface area contributed by atoms with E-state index in [1.165, 1.54) is 4.90 Å². The standard InChI is InChI=1S/C14H26N4O8/c1-2-12(19)15-11-16-13(20)9-18(10-14(21)22)4-3-17(5-7-25-23)6-8-26-24/h2,23-24H,1,3-11H2,(H,15,19)(H,16,20)(H,21,22). The van der Waals surface area contributed by atoms with Gasteiger partial charge in [0.25, 0.3) is 0 Å². The second-order valence-corrected chi connectivity index (χ2v) is 5.13. The second kappa shape index (κ2) is 15.2. The van der Waals surface area contributed by atoms with Crippen molar-refractivity contribution in [1.29, 1.82) is 0 Å². The summed E-state index contributed by atoms with van der Waals surface area (Å²) in [7, 11) is 0. The topological polar surface area (TPSA) is 161 Å². The molecule has 0 saturated heterocycles. The van der Waals surface area contributed by atoms with Crippen LogP contribution in [0.15, 0.2) is 12.7 Å². The maximum absolute atomic E-state index is 11.9. The Balaban J connectivity index is 4.46. The summed E-state index contributed by atoms with van der Waals surface area (Å²) >= 11 is 0. The lowest BCUT2D eigenvalue weighted by atomic mass is 10.4. The van der Waals surface area contributed by atoms with Crippen LogP contribution in [0.1, 0.15) is 0 Å². The summed E-state index contributed by atoms with van der Waals surface area (Å²) in [6.45, 7) is 3.90. The van der Waals surface area contributed by atoms with Crippen molar-refractivity contribution < 1.29 is 39.8 Å². The Bertz CT molecular complexity index is 441. The van der Waals surface area contributed by atoms with Gasteiger partial charge in [-0.2, -0.15) is 0 Å². The van der Waals surface area contributed by atoms with Crippen LogP contribution in [-0.2, 0) is 24.2 Å². The zero-order valence-corrected chi connectivity index (χ0v) is 14.4. The molecule has 5 N–H and O–H groups in total. The molecule has 0 radical (unpaired) electrons. The third-order valence-electron chi connectivity index (χ3n) is 3.19. The fourth-order valence-electron chi connectivity index (χ4n) is 1.92. The Morgan fingerprint density at radius 1 is 0.923 bits per heavy atom. The molecule has 0 fully saturated rings. The van der Waals surface area contributed by atoms with Gasteiger partial charge in [-0.15, -0.1) is 0 Å². The SMILES string of the molecule is C=CC(=O)NCNC(=O)CN(CCN(CCOO)CCOO)CC(=O)O. The lowest BCUT2D eigenvalue weighted by Gasteiger charge is -2.25. The molecule has 0 aliphatic carbocycles. The van der Waals surface area contributed by atoms with E-state index in [9.17, 15) is 14.4 Å². The average molecular weight is 378 g/mol. The number of rotatable bonds is 16. The molecule has 0 aromatic carbocycles. The molecule has 0 spiro atoms. The van der Waals surface area contributed by atoms with Crippen LogP contribution in [0.5, 0.6) is 0 Å². The predicted molar refractivity (Wildman–Crippen MR) is 89.0 cm³/mol. The Morgan fingerprint density at radius 2 is 1.50 bits per heavy atom. The highest BCUT2D eigenvalue weighted by atomic mass is 17.1. The molecule has 0 bridgehead atoms. The van der Waals surface area contributed by atoms with Gasteiger partial charge in [0.05, 0.1) is 33.0 Å². The van der Waals surface area contributed by atoms with Gasteiger partial charge in [-0.1, -0.05) is 6.58 Å². The first-order valence-electron chi connectivity index (χ1n) is 7.79. The van der Waals surface area contributed by atoms with Crippen LogP contribution < -0.4 is 10.6 Å². The van der Waals surface area contributed by atoms with Crippen LogP contribution >= 0.6 is 0 Å².